The lowest BCUT2D eigenvalue weighted by Crippen LogP contribution is -1.91. The average Bonchev–Trinajstić information content (AvgIpc) is 2.71. The zero-order valence-corrected chi connectivity index (χ0v) is 7.72. The van der Waals surface area contributed by atoms with Crippen LogP contribution in [-0.4, -0.2) is 12.8 Å². The zero-order valence-electron chi connectivity index (χ0n) is 7.72. The van der Waals surface area contributed by atoms with E-state index in [1.807, 2.05) is 0 Å². The Balaban J connectivity index is 2.60. The molecule has 1 saturated carbocycles. The van der Waals surface area contributed by atoms with E-state index in [-0.39, 0.29) is 0 Å². The average molecular weight is 151 g/mol. The van der Waals surface area contributed by atoms with Crippen molar-refractivity contribution in [2.75, 3.05) is 6.54 Å². The van der Waals surface area contributed by atoms with Crippen molar-refractivity contribution < 1.29 is 0 Å². The van der Waals surface area contributed by atoms with E-state index in [0.717, 1.165) is 12.5 Å². The highest BCUT2D eigenvalue weighted by atomic mass is 14.7. The highest BCUT2D eigenvalue weighted by Gasteiger charge is 2.25. The third kappa shape index (κ3) is 2.49. The van der Waals surface area contributed by atoms with Gasteiger partial charge in [-0.05, 0) is 45.1 Å². The van der Waals surface area contributed by atoms with E-state index < -0.39 is 0 Å². The fraction of sp³-hybridized carbons (Fsp3) is 0.700. The molecule has 0 aromatic heterocycles. The highest BCUT2D eigenvalue weighted by molar-refractivity contribution is 5.80. The van der Waals surface area contributed by atoms with Gasteiger partial charge in [0.1, 0.15) is 0 Å². The highest BCUT2D eigenvalue weighted by Crippen LogP contribution is 2.36. The second-order valence-corrected chi connectivity index (χ2v) is 3.36. The zero-order chi connectivity index (χ0) is 8.27. The van der Waals surface area contributed by atoms with Crippen molar-refractivity contribution >= 4 is 6.21 Å². The van der Waals surface area contributed by atoms with Gasteiger partial charge in [0.2, 0.25) is 0 Å². The van der Waals surface area contributed by atoms with Gasteiger partial charge in [-0.1, -0.05) is 5.57 Å². The SMILES string of the molecule is CCN=CC(=C(C)C)C1CC1. The van der Waals surface area contributed by atoms with Crippen LogP contribution < -0.4 is 0 Å². The molecule has 0 atom stereocenters. The third-order valence-electron chi connectivity index (χ3n) is 2.01. The number of hydrogen-bond acceptors (Lipinski definition) is 1. The molecular formula is C10H17N. The predicted molar refractivity (Wildman–Crippen MR) is 50.1 cm³/mol. The molecule has 0 spiro atoms. The number of nitrogens with zero attached hydrogens (tertiary/aromatic N) is 1. The quantitative estimate of drug-likeness (QED) is 0.550. The van der Waals surface area contributed by atoms with E-state index in [1.54, 1.807) is 0 Å². The molecule has 0 heterocycles. The smallest absolute Gasteiger partial charge is 0.0361 e. The minimum atomic E-state index is 0.843. The van der Waals surface area contributed by atoms with E-state index in [4.69, 9.17) is 0 Å². The first-order valence-electron chi connectivity index (χ1n) is 4.43. The van der Waals surface area contributed by atoms with Crippen LogP contribution in [0.2, 0.25) is 0 Å². The molecule has 0 unspecified atom stereocenters. The second-order valence-electron chi connectivity index (χ2n) is 3.36. The summed E-state index contributed by atoms with van der Waals surface area (Å²) in [5.74, 6) is 0.843. The summed E-state index contributed by atoms with van der Waals surface area (Å²) in [6.07, 6.45) is 4.81. The number of allylic oxidation sites excluding steroid dienone is 2. The molecule has 11 heavy (non-hydrogen) atoms. The summed E-state index contributed by atoms with van der Waals surface area (Å²) < 4.78 is 0. The van der Waals surface area contributed by atoms with Gasteiger partial charge in [-0.15, -0.1) is 0 Å². The van der Waals surface area contributed by atoms with Gasteiger partial charge in [0, 0.05) is 12.8 Å². The van der Waals surface area contributed by atoms with Gasteiger partial charge in [-0.25, -0.2) is 0 Å². The van der Waals surface area contributed by atoms with Crippen LogP contribution in [0.5, 0.6) is 0 Å². The Hall–Kier alpha value is -0.590. The van der Waals surface area contributed by atoms with Crippen molar-refractivity contribution in [3.05, 3.63) is 11.1 Å². The van der Waals surface area contributed by atoms with Gasteiger partial charge in [0.15, 0.2) is 0 Å². The normalized spacial score (nSPS) is 17.4. The lowest BCUT2D eigenvalue weighted by atomic mass is 10.1. The Labute approximate surface area is 69.2 Å². The lowest BCUT2D eigenvalue weighted by molar-refractivity contribution is 1.03. The van der Waals surface area contributed by atoms with Crippen molar-refractivity contribution in [3.8, 4) is 0 Å². The van der Waals surface area contributed by atoms with Gasteiger partial charge in [0.25, 0.3) is 0 Å². The van der Waals surface area contributed by atoms with Crippen molar-refractivity contribution in [3.63, 3.8) is 0 Å². The molecule has 0 amide bonds. The molecule has 1 aliphatic rings. The van der Waals surface area contributed by atoms with E-state index >= 15 is 0 Å². The van der Waals surface area contributed by atoms with E-state index in [1.165, 1.54) is 24.0 Å². The molecule has 0 radical (unpaired) electrons. The molecule has 1 nitrogen and oxygen atoms in total. The van der Waals surface area contributed by atoms with Crippen LogP contribution in [0.1, 0.15) is 33.6 Å². The lowest BCUT2D eigenvalue weighted by Gasteiger charge is -2.00. The Morgan fingerprint density at radius 3 is 2.45 bits per heavy atom. The fourth-order valence-electron chi connectivity index (χ4n) is 1.23. The molecule has 0 bridgehead atoms. The molecule has 0 aromatic rings. The molecule has 0 aromatic carbocycles. The molecule has 1 aliphatic carbocycles. The minimum absolute atomic E-state index is 0.843. The molecular weight excluding hydrogens is 134 g/mol. The number of rotatable bonds is 3. The van der Waals surface area contributed by atoms with Crippen molar-refractivity contribution in [1.82, 2.24) is 0 Å². The topological polar surface area (TPSA) is 12.4 Å². The summed E-state index contributed by atoms with van der Waals surface area (Å²) in [6, 6.07) is 0. The van der Waals surface area contributed by atoms with Crippen LogP contribution in [0.3, 0.4) is 0 Å². The van der Waals surface area contributed by atoms with Crippen LogP contribution in [0.15, 0.2) is 16.1 Å². The summed E-state index contributed by atoms with van der Waals surface area (Å²) in [7, 11) is 0. The van der Waals surface area contributed by atoms with Gasteiger partial charge in [-0.3, -0.25) is 4.99 Å². The number of aliphatic imine (C=N–C) groups is 1. The van der Waals surface area contributed by atoms with Crippen LogP contribution in [-0.2, 0) is 0 Å². The summed E-state index contributed by atoms with van der Waals surface area (Å²) in [5, 5.41) is 0. The fourth-order valence-corrected chi connectivity index (χ4v) is 1.23. The Morgan fingerprint density at radius 2 is 2.09 bits per heavy atom. The summed E-state index contributed by atoms with van der Waals surface area (Å²) in [5.41, 5.74) is 2.91. The molecule has 0 saturated heterocycles. The van der Waals surface area contributed by atoms with Gasteiger partial charge < -0.3 is 0 Å². The van der Waals surface area contributed by atoms with Crippen molar-refractivity contribution in [2.45, 2.75) is 33.6 Å². The summed E-state index contributed by atoms with van der Waals surface area (Å²) in [6.45, 7) is 7.33. The Morgan fingerprint density at radius 1 is 1.45 bits per heavy atom. The molecule has 62 valence electrons. The molecule has 0 aliphatic heterocycles. The summed E-state index contributed by atoms with van der Waals surface area (Å²) in [4.78, 5) is 4.27. The van der Waals surface area contributed by atoms with E-state index in [9.17, 15) is 0 Å². The van der Waals surface area contributed by atoms with E-state index in [0.29, 0.717) is 0 Å². The number of hydrogen-bond donors (Lipinski definition) is 0. The van der Waals surface area contributed by atoms with E-state index in [2.05, 4.69) is 32.0 Å². The minimum Gasteiger partial charge on any atom is -0.293 e. The maximum atomic E-state index is 4.27. The van der Waals surface area contributed by atoms with Gasteiger partial charge in [0.05, 0.1) is 0 Å². The standard InChI is InChI=1S/C10H17N/c1-4-11-7-10(8(2)3)9-5-6-9/h7,9H,4-6H2,1-3H3. The first-order chi connectivity index (χ1) is 5.25. The first-order valence-corrected chi connectivity index (χ1v) is 4.43. The van der Waals surface area contributed by atoms with Crippen LogP contribution >= 0.6 is 0 Å². The predicted octanol–water partition coefficient (Wildman–Crippen LogP) is 2.82. The van der Waals surface area contributed by atoms with Gasteiger partial charge in [-0.2, -0.15) is 0 Å². The molecule has 0 N–H and O–H groups in total. The van der Waals surface area contributed by atoms with Crippen LogP contribution in [0.25, 0.3) is 0 Å². The second kappa shape index (κ2) is 3.70. The van der Waals surface area contributed by atoms with Crippen LogP contribution in [0.4, 0.5) is 0 Å². The molecule has 1 fully saturated rings. The largest absolute Gasteiger partial charge is 0.293 e. The van der Waals surface area contributed by atoms with Gasteiger partial charge >= 0.3 is 0 Å². The monoisotopic (exact) mass is 151 g/mol. The molecule has 1 heteroatoms. The third-order valence-corrected chi connectivity index (χ3v) is 2.01. The van der Waals surface area contributed by atoms with Crippen LogP contribution in [0, 0.1) is 5.92 Å². The Bertz CT molecular complexity index is 181. The van der Waals surface area contributed by atoms with Crippen molar-refractivity contribution in [2.24, 2.45) is 10.9 Å². The first kappa shape index (κ1) is 8.51. The maximum absolute atomic E-state index is 4.27. The Kier molecular flexibility index (Phi) is 2.86. The van der Waals surface area contributed by atoms with Crippen molar-refractivity contribution in [1.29, 1.82) is 0 Å². The molecule has 1 rings (SSSR count). The summed E-state index contributed by atoms with van der Waals surface area (Å²) >= 11 is 0. The maximum Gasteiger partial charge on any atom is 0.0361 e.